The molecule has 1 fully saturated rings. The molecule has 1 aliphatic heterocycles. The Labute approximate surface area is 55.5 Å². The van der Waals surface area contributed by atoms with Crippen LogP contribution in [-0.4, -0.2) is 37.1 Å². The molecule has 1 N–H and O–H groups in total. The van der Waals surface area contributed by atoms with E-state index in [0.29, 0.717) is 0 Å². The summed E-state index contributed by atoms with van der Waals surface area (Å²) in [5.41, 5.74) is 0. The first-order chi connectivity index (χ1) is 4.47. The molecule has 0 spiro atoms. The molecule has 0 aromatic rings. The zero-order chi connectivity index (χ0) is 6.10. The quantitative estimate of drug-likeness (QED) is 0.488. The molecule has 0 atom stereocenters. The lowest BCUT2D eigenvalue weighted by Crippen LogP contribution is -2.44. The average Bonchev–Trinajstić information content (AvgIpc) is 2.71. The van der Waals surface area contributed by atoms with E-state index in [9.17, 15) is 0 Å². The Hall–Kier alpha value is -0.340. The second kappa shape index (κ2) is 2.12. The van der Waals surface area contributed by atoms with Gasteiger partial charge in [0.05, 0.1) is 0 Å². The summed E-state index contributed by atoms with van der Waals surface area (Å²) in [5, 5.41) is 3.33. The van der Waals surface area contributed by atoms with Gasteiger partial charge >= 0.3 is 0 Å². The third kappa shape index (κ3) is 1.14. The van der Waals surface area contributed by atoms with Gasteiger partial charge in [-0.25, -0.2) is 0 Å². The van der Waals surface area contributed by atoms with Crippen LogP contribution in [0.3, 0.4) is 0 Å². The fourth-order valence-corrected chi connectivity index (χ4v) is 1.27. The zero-order valence-electron chi connectivity index (χ0n) is 5.51. The minimum Gasteiger partial charge on any atom is -0.314 e. The highest BCUT2D eigenvalue weighted by Crippen LogP contribution is 2.14. The van der Waals surface area contributed by atoms with Crippen LogP contribution in [0.5, 0.6) is 0 Å². The molecule has 0 unspecified atom stereocenters. The molecule has 9 heavy (non-hydrogen) atoms. The summed E-state index contributed by atoms with van der Waals surface area (Å²) in [4.78, 5) is 2.50. The van der Waals surface area contributed by atoms with Crippen LogP contribution in [0.1, 0.15) is 0 Å². The normalized spacial score (nSPS) is 28.9. The van der Waals surface area contributed by atoms with Gasteiger partial charge in [0.1, 0.15) is 0 Å². The number of piperazine rings is 1. The predicted molar refractivity (Wildman–Crippen MR) is 37.4 cm³/mol. The first-order valence-corrected chi connectivity index (χ1v) is 3.60. The van der Waals surface area contributed by atoms with Crippen LogP contribution in [0.4, 0.5) is 0 Å². The summed E-state index contributed by atoms with van der Waals surface area (Å²) in [6.07, 6.45) is 4.51. The molecule has 1 saturated heterocycles. The van der Waals surface area contributed by atoms with Gasteiger partial charge in [0.2, 0.25) is 0 Å². The van der Waals surface area contributed by atoms with E-state index < -0.39 is 0 Å². The first-order valence-electron chi connectivity index (χ1n) is 3.60. The van der Waals surface area contributed by atoms with Crippen molar-refractivity contribution in [2.75, 3.05) is 26.2 Å². The van der Waals surface area contributed by atoms with Gasteiger partial charge in [0.25, 0.3) is 0 Å². The van der Waals surface area contributed by atoms with Crippen molar-refractivity contribution >= 4 is 0 Å². The van der Waals surface area contributed by atoms with E-state index in [4.69, 9.17) is 0 Å². The maximum atomic E-state index is 3.33. The van der Waals surface area contributed by atoms with Crippen LogP contribution < -0.4 is 5.32 Å². The van der Waals surface area contributed by atoms with Crippen molar-refractivity contribution in [2.24, 2.45) is 0 Å². The fraction of sp³-hybridized carbons (Fsp3) is 0.714. The Morgan fingerprint density at radius 1 is 1.22 bits per heavy atom. The molecule has 0 saturated carbocycles. The monoisotopic (exact) mass is 124 g/mol. The van der Waals surface area contributed by atoms with Crippen LogP contribution >= 0.6 is 0 Å². The number of nitrogens with zero attached hydrogens (tertiary/aromatic N) is 1. The lowest BCUT2D eigenvalue weighted by Gasteiger charge is -2.26. The van der Waals surface area contributed by atoms with Crippen molar-refractivity contribution < 1.29 is 0 Å². The second-order valence-electron chi connectivity index (χ2n) is 2.66. The van der Waals surface area contributed by atoms with Gasteiger partial charge < -0.3 is 5.32 Å². The summed E-state index contributed by atoms with van der Waals surface area (Å²) in [6.45, 7) is 4.77. The number of hydrogen-bond acceptors (Lipinski definition) is 2. The van der Waals surface area contributed by atoms with Crippen molar-refractivity contribution in [3.8, 4) is 0 Å². The summed E-state index contributed by atoms with van der Waals surface area (Å²) in [6, 6.07) is 0.729. The van der Waals surface area contributed by atoms with Gasteiger partial charge in [0.15, 0.2) is 0 Å². The number of rotatable bonds is 1. The molecule has 50 valence electrons. The van der Waals surface area contributed by atoms with Gasteiger partial charge in [0, 0.05) is 32.2 Å². The van der Waals surface area contributed by atoms with Crippen molar-refractivity contribution in [1.29, 1.82) is 0 Å². The summed E-state index contributed by atoms with van der Waals surface area (Å²) >= 11 is 0. The van der Waals surface area contributed by atoms with Crippen LogP contribution in [0.2, 0.25) is 0 Å². The molecule has 0 bridgehead atoms. The van der Waals surface area contributed by atoms with E-state index in [2.05, 4.69) is 22.4 Å². The summed E-state index contributed by atoms with van der Waals surface area (Å²) in [5.74, 6) is 0. The number of hydrogen-bond donors (Lipinski definition) is 1. The number of nitrogens with one attached hydrogen (secondary N) is 1. The van der Waals surface area contributed by atoms with E-state index in [1.807, 2.05) is 0 Å². The molecule has 2 nitrogen and oxygen atoms in total. The maximum Gasteiger partial charge on any atom is 0.0464 e. The summed E-state index contributed by atoms with van der Waals surface area (Å²) in [7, 11) is 0. The molecule has 2 heteroatoms. The fourth-order valence-electron chi connectivity index (χ4n) is 1.27. The molecular weight excluding hydrogens is 112 g/mol. The van der Waals surface area contributed by atoms with Crippen LogP contribution in [0.25, 0.3) is 0 Å². The molecule has 0 aromatic heterocycles. The second-order valence-corrected chi connectivity index (χ2v) is 2.66. The van der Waals surface area contributed by atoms with Crippen molar-refractivity contribution in [3.63, 3.8) is 0 Å². The minimum absolute atomic E-state index is 0.729. The predicted octanol–water partition coefficient (Wildman–Crippen LogP) is -0.170. The summed E-state index contributed by atoms with van der Waals surface area (Å²) < 4.78 is 0. The third-order valence-corrected chi connectivity index (χ3v) is 1.94. The lowest BCUT2D eigenvalue weighted by atomic mass is 10.3. The van der Waals surface area contributed by atoms with E-state index in [0.717, 1.165) is 19.1 Å². The average molecular weight is 124 g/mol. The van der Waals surface area contributed by atoms with Gasteiger partial charge in [-0.3, -0.25) is 4.90 Å². The molecule has 0 aromatic carbocycles. The Kier molecular flexibility index (Phi) is 1.28. The molecule has 1 heterocycles. The largest absolute Gasteiger partial charge is 0.314 e. The highest BCUT2D eigenvalue weighted by Gasteiger charge is 2.21. The van der Waals surface area contributed by atoms with Gasteiger partial charge in [-0.2, -0.15) is 0 Å². The van der Waals surface area contributed by atoms with Crippen LogP contribution in [0, 0.1) is 0 Å². The Balaban J connectivity index is 1.81. The molecule has 1 aliphatic carbocycles. The van der Waals surface area contributed by atoms with Crippen molar-refractivity contribution in [3.05, 3.63) is 12.2 Å². The van der Waals surface area contributed by atoms with Crippen LogP contribution in [0.15, 0.2) is 12.2 Å². The Bertz CT molecular complexity index is 119. The molecule has 2 aliphatic rings. The lowest BCUT2D eigenvalue weighted by molar-refractivity contribution is 0.244. The Morgan fingerprint density at radius 3 is 2.44 bits per heavy atom. The van der Waals surface area contributed by atoms with Crippen molar-refractivity contribution in [1.82, 2.24) is 10.2 Å². The van der Waals surface area contributed by atoms with Gasteiger partial charge in [-0.15, -0.1) is 0 Å². The maximum absolute atomic E-state index is 3.33. The SMILES string of the molecule is C1=CC1N1CCNCC1. The minimum atomic E-state index is 0.729. The van der Waals surface area contributed by atoms with E-state index in [1.165, 1.54) is 13.1 Å². The van der Waals surface area contributed by atoms with Gasteiger partial charge in [-0.1, -0.05) is 12.2 Å². The Morgan fingerprint density at radius 2 is 1.89 bits per heavy atom. The smallest absolute Gasteiger partial charge is 0.0464 e. The zero-order valence-corrected chi connectivity index (χ0v) is 5.51. The topological polar surface area (TPSA) is 15.3 Å². The molecule has 2 rings (SSSR count). The third-order valence-electron chi connectivity index (χ3n) is 1.94. The molecule has 0 radical (unpaired) electrons. The van der Waals surface area contributed by atoms with Crippen LogP contribution in [-0.2, 0) is 0 Å². The molecular formula is C7H12N2. The van der Waals surface area contributed by atoms with Crippen molar-refractivity contribution in [2.45, 2.75) is 6.04 Å². The highest BCUT2D eigenvalue weighted by molar-refractivity contribution is 5.20. The standard InChI is InChI=1S/C7H12N2/c1-2-7(1)9-5-3-8-4-6-9/h1-2,7-8H,3-6H2. The highest BCUT2D eigenvalue weighted by atomic mass is 15.2. The van der Waals surface area contributed by atoms with E-state index in [-0.39, 0.29) is 0 Å². The molecule has 0 amide bonds. The first kappa shape index (κ1) is 5.45. The van der Waals surface area contributed by atoms with Gasteiger partial charge in [-0.05, 0) is 0 Å². The van der Waals surface area contributed by atoms with E-state index in [1.54, 1.807) is 0 Å². The van der Waals surface area contributed by atoms with E-state index >= 15 is 0 Å².